The van der Waals surface area contributed by atoms with Crippen LogP contribution in [0.3, 0.4) is 0 Å². The van der Waals surface area contributed by atoms with Gasteiger partial charge in [-0.1, -0.05) is 18.2 Å². The summed E-state index contributed by atoms with van der Waals surface area (Å²) in [5.74, 6) is -1.54. The van der Waals surface area contributed by atoms with Gasteiger partial charge in [0.15, 0.2) is 0 Å². The molecule has 13 nitrogen and oxygen atoms in total. The van der Waals surface area contributed by atoms with E-state index in [2.05, 4.69) is 25.6 Å². The predicted octanol–water partition coefficient (Wildman–Crippen LogP) is 5.08. The highest BCUT2D eigenvalue weighted by Gasteiger charge is 2.34. The minimum absolute atomic E-state index is 0.0568. The average Bonchev–Trinajstić information content (AvgIpc) is 3.65. The van der Waals surface area contributed by atoms with Crippen LogP contribution < -0.4 is 20.9 Å². The number of carbonyl (C=O) groups is 3. The number of pyridine rings is 1. The molecule has 0 saturated carbocycles. The number of likely N-dealkylation sites (tertiary alicyclic amines) is 2. The average molecular weight is 767 g/mol. The second kappa shape index (κ2) is 15.4. The number of aromatic amines is 1. The number of nitrogens with zero attached hydrogens (tertiary/aromatic N) is 5. The van der Waals surface area contributed by atoms with Gasteiger partial charge in [-0.05, 0) is 67.3 Å². The SMILES string of the molecule is CN(C(=O)N1CCC(c2ccc(NC3CCC(=O)NC3=O)cc2F)CC1)C1CCN(Cc2ccc(-c3cn(C)c(=O)c4[nH]ncc34)cc2OC(F)(F)F)CC1. The van der Waals surface area contributed by atoms with E-state index in [9.17, 15) is 32.3 Å². The van der Waals surface area contributed by atoms with E-state index in [1.54, 1.807) is 54.4 Å². The lowest BCUT2D eigenvalue weighted by molar-refractivity contribution is -0.275. The molecule has 2 aromatic carbocycles. The van der Waals surface area contributed by atoms with Crippen LogP contribution in [0, 0.1) is 5.82 Å². The number of aromatic nitrogens is 3. The lowest BCUT2D eigenvalue weighted by Crippen LogP contribution is -2.51. The van der Waals surface area contributed by atoms with Crippen LogP contribution in [0.2, 0.25) is 0 Å². The number of carbonyl (C=O) groups excluding carboxylic acids is 3. The number of hydrogen-bond donors (Lipinski definition) is 3. The van der Waals surface area contributed by atoms with Gasteiger partial charge < -0.3 is 24.4 Å². The molecule has 0 bridgehead atoms. The molecule has 0 radical (unpaired) electrons. The van der Waals surface area contributed by atoms with Crippen LogP contribution in [0.5, 0.6) is 5.75 Å². The zero-order chi connectivity index (χ0) is 39.0. The Kier molecular flexibility index (Phi) is 10.6. The van der Waals surface area contributed by atoms with Crippen molar-refractivity contribution in [2.75, 3.05) is 38.5 Å². The number of piperidine rings is 3. The van der Waals surface area contributed by atoms with Gasteiger partial charge in [0.2, 0.25) is 11.8 Å². The smallest absolute Gasteiger partial charge is 0.405 e. The standard InChI is InChI=1S/C38H42F4N8O5/c1-47-21-29(28-19-43-46-34(28)36(47)53)23-3-4-24(32(17-23)55-38(40,41)42)20-49-13-11-26(12-14-49)48(2)37(54)50-15-9-22(10-16-50)27-6-5-25(18-30(27)39)44-31-7-8-33(51)45-35(31)52/h3-6,17-19,21-22,26,31,44H,7-16,20H2,1-2H3,(H,43,46)(H,45,51,52). The molecule has 4 amide bonds. The number of nitrogens with one attached hydrogen (secondary N) is 3. The van der Waals surface area contributed by atoms with E-state index < -0.39 is 18.3 Å². The summed E-state index contributed by atoms with van der Waals surface area (Å²) in [5.41, 5.74) is 2.29. The molecule has 3 N–H and O–H groups in total. The van der Waals surface area contributed by atoms with Crippen molar-refractivity contribution in [3.8, 4) is 16.9 Å². The molecule has 4 aromatic rings. The van der Waals surface area contributed by atoms with E-state index in [4.69, 9.17) is 0 Å². The fourth-order valence-corrected chi connectivity index (χ4v) is 7.90. The fraction of sp³-hybridized carbons (Fsp3) is 0.447. The fourth-order valence-electron chi connectivity index (χ4n) is 7.90. The van der Waals surface area contributed by atoms with Crippen LogP contribution in [0.15, 0.2) is 53.6 Å². The topological polar surface area (TPSA) is 145 Å². The third-order valence-corrected chi connectivity index (χ3v) is 11.0. The van der Waals surface area contributed by atoms with Crippen molar-refractivity contribution in [1.82, 2.24) is 34.8 Å². The van der Waals surface area contributed by atoms with E-state index >= 15 is 4.39 Å². The summed E-state index contributed by atoms with van der Waals surface area (Å²) in [6.07, 6.45) is 1.10. The maximum absolute atomic E-state index is 15.2. The van der Waals surface area contributed by atoms with Gasteiger partial charge in [-0.15, -0.1) is 13.2 Å². The Morgan fingerprint density at radius 2 is 1.76 bits per heavy atom. The quantitative estimate of drug-likeness (QED) is 0.167. The summed E-state index contributed by atoms with van der Waals surface area (Å²) in [7, 11) is 3.33. The van der Waals surface area contributed by atoms with Crippen LogP contribution in [-0.2, 0) is 23.2 Å². The first-order valence-electron chi connectivity index (χ1n) is 18.3. The summed E-state index contributed by atoms with van der Waals surface area (Å²) >= 11 is 0. The summed E-state index contributed by atoms with van der Waals surface area (Å²) in [5, 5.41) is 12.4. The summed E-state index contributed by atoms with van der Waals surface area (Å²) in [6.45, 7) is 2.25. The van der Waals surface area contributed by atoms with Gasteiger partial charge >= 0.3 is 12.4 Å². The Balaban J connectivity index is 0.930. The number of alkyl halides is 3. The first-order valence-corrected chi connectivity index (χ1v) is 18.3. The molecule has 0 spiro atoms. The molecular formula is C38H42F4N8O5. The first kappa shape index (κ1) is 37.8. The normalized spacial score (nSPS) is 19.1. The highest BCUT2D eigenvalue weighted by Crippen LogP contribution is 2.36. The van der Waals surface area contributed by atoms with Crippen LogP contribution >= 0.6 is 0 Å². The number of hydrogen-bond acceptors (Lipinski definition) is 8. The first-order chi connectivity index (χ1) is 26.2. The molecule has 3 saturated heterocycles. The van der Waals surface area contributed by atoms with Crippen molar-refractivity contribution in [1.29, 1.82) is 0 Å². The second-order valence-electron chi connectivity index (χ2n) is 14.5. The maximum Gasteiger partial charge on any atom is 0.573 e. The van der Waals surface area contributed by atoms with Crippen molar-refractivity contribution in [3.05, 3.63) is 76.1 Å². The molecule has 292 valence electrons. The second-order valence-corrected chi connectivity index (χ2v) is 14.5. The number of amides is 4. The molecule has 7 rings (SSSR count). The molecule has 1 unspecified atom stereocenters. The molecule has 3 aliphatic rings. The van der Waals surface area contributed by atoms with Gasteiger partial charge in [-0.25, -0.2) is 9.18 Å². The molecule has 2 aromatic heterocycles. The largest absolute Gasteiger partial charge is 0.573 e. The minimum Gasteiger partial charge on any atom is -0.405 e. The van der Waals surface area contributed by atoms with Gasteiger partial charge in [-0.2, -0.15) is 5.10 Å². The van der Waals surface area contributed by atoms with Crippen molar-refractivity contribution >= 4 is 34.4 Å². The number of fused-ring (bicyclic) bond motifs is 1. The van der Waals surface area contributed by atoms with Crippen molar-refractivity contribution in [2.45, 2.75) is 69.4 Å². The number of rotatable bonds is 8. The van der Waals surface area contributed by atoms with Gasteiger partial charge in [0.05, 0.1) is 6.20 Å². The molecule has 1 atom stereocenters. The molecular weight excluding hydrogens is 724 g/mol. The number of H-pyrrole nitrogens is 1. The molecule has 3 aliphatic heterocycles. The summed E-state index contributed by atoms with van der Waals surface area (Å²) < 4.78 is 61.8. The van der Waals surface area contributed by atoms with Crippen LogP contribution in [-0.4, -0.2) is 99.0 Å². The predicted molar refractivity (Wildman–Crippen MR) is 195 cm³/mol. The number of aryl methyl sites for hydroxylation is 1. The Morgan fingerprint density at radius 1 is 1.02 bits per heavy atom. The zero-order valence-corrected chi connectivity index (χ0v) is 30.4. The van der Waals surface area contributed by atoms with Gasteiger partial charge in [0.25, 0.3) is 5.56 Å². The minimum atomic E-state index is -4.91. The Hall–Kier alpha value is -5.45. The lowest BCUT2D eigenvalue weighted by Gasteiger charge is -2.40. The molecule has 17 heteroatoms. The third-order valence-electron chi connectivity index (χ3n) is 11.0. The maximum atomic E-state index is 15.2. The van der Waals surface area contributed by atoms with Gasteiger partial charge in [0, 0.05) is 87.7 Å². The highest BCUT2D eigenvalue weighted by molar-refractivity contribution is 6.01. The van der Waals surface area contributed by atoms with Gasteiger partial charge in [0.1, 0.15) is 23.1 Å². The lowest BCUT2D eigenvalue weighted by atomic mass is 9.89. The number of halogens is 4. The number of anilines is 1. The Bertz CT molecular complexity index is 2150. The van der Waals surface area contributed by atoms with E-state index in [-0.39, 0.29) is 59.5 Å². The van der Waals surface area contributed by atoms with Crippen molar-refractivity contribution in [2.24, 2.45) is 7.05 Å². The van der Waals surface area contributed by atoms with E-state index in [1.807, 2.05) is 4.90 Å². The van der Waals surface area contributed by atoms with Crippen LogP contribution in [0.1, 0.15) is 55.6 Å². The van der Waals surface area contributed by atoms with E-state index in [0.29, 0.717) is 91.6 Å². The molecule has 3 fully saturated rings. The Morgan fingerprint density at radius 3 is 2.45 bits per heavy atom. The number of benzene rings is 2. The number of ether oxygens (including phenoxy) is 1. The van der Waals surface area contributed by atoms with Crippen molar-refractivity contribution < 1.29 is 36.7 Å². The molecule has 0 aliphatic carbocycles. The monoisotopic (exact) mass is 766 g/mol. The Labute approximate surface area is 313 Å². The summed E-state index contributed by atoms with van der Waals surface area (Å²) in [4.78, 5) is 55.1. The van der Waals surface area contributed by atoms with Crippen molar-refractivity contribution in [3.63, 3.8) is 0 Å². The zero-order valence-electron chi connectivity index (χ0n) is 30.4. The van der Waals surface area contributed by atoms with Crippen LogP contribution in [0.25, 0.3) is 22.0 Å². The van der Waals surface area contributed by atoms with Crippen LogP contribution in [0.4, 0.5) is 28.0 Å². The molecule has 5 heterocycles. The van der Waals surface area contributed by atoms with E-state index in [1.165, 1.54) is 22.9 Å². The molecule has 55 heavy (non-hydrogen) atoms. The number of urea groups is 1. The summed E-state index contributed by atoms with van der Waals surface area (Å²) in [6, 6.07) is 8.68. The highest BCUT2D eigenvalue weighted by atomic mass is 19.4. The number of imide groups is 1. The van der Waals surface area contributed by atoms with Gasteiger partial charge in [-0.3, -0.25) is 29.7 Å². The van der Waals surface area contributed by atoms with E-state index in [0.717, 1.165) is 0 Å². The third kappa shape index (κ3) is 8.30.